The molecule has 130 valence electrons. The fourth-order valence-corrected chi connectivity index (χ4v) is 3.28. The monoisotopic (exact) mass is 364 g/mol. The predicted molar refractivity (Wildman–Crippen MR) is 90.4 cm³/mol. The van der Waals surface area contributed by atoms with Gasteiger partial charge in [-0.15, -0.1) is 5.10 Å². The predicted octanol–water partition coefficient (Wildman–Crippen LogP) is 3.01. The van der Waals surface area contributed by atoms with Gasteiger partial charge in [0.05, 0.1) is 11.8 Å². The molecule has 0 aliphatic heterocycles. The average Bonchev–Trinajstić information content (AvgIpc) is 3.14. The Balaban J connectivity index is 1.84. The second-order valence-corrected chi connectivity index (χ2v) is 6.50. The molecule has 0 spiro atoms. The van der Waals surface area contributed by atoms with E-state index in [1.807, 2.05) is 0 Å². The zero-order valence-corrected chi connectivity index (χ0v) is 13.8. The molecular weight excluding hydrogens is 350 g/mol. The lowest BCUT2D eigenvalue weighted by atomic mass is 10.2. The molecule has 0 radical (unpaired) electrons. The molecule has 25 heavy (non-hydrogen) atoms. The van der Waals surface area contributed by atoms with Crippen molar-refractivity contribution in [2.45, 2.75) is 31.3 Å². The number of hydrogen-bond donors (Lipinski definition) is 2. The lowest BCUT2D eigenvalue weighted by Gasteiger charge is -2.15. The zero-order chi connectivity index (χ0) is 17.6. The molecule has 2 heterocycles. The minimum atomic E-state index is -0.746. The van der Waals surface area contributed by atoms with Crippen LogP contribution in [0.4, 0.5) is 14.6 Å². The van der Waals surface area contributed by atoms with Crippen LogP contribution in [0, 0.1) is 11.6 Å². The van der Waals surface area contributed by atoms with Crippen molar-refractivity contribution in [2.75, 3.05) is 5.32 Å². The number of imidazole rings is 1. The number of halogens is 3. The molecule has 1 fully saturated rings. The van der Waals surface area contributed by atoms with Gasteiger partial charge in [0.25, 0.3) is 0 Å². The van der Waals surface area contributed by atoms with Crippen LogP contribution in [0.1, 0.15) is 19.3 Å². The van der Waals surface area contributed by atoms with Gasteiger partial charge in [-0.05, 0) is 31.4 Å². The summed E-state index contributed by atoms with van der Waals surface area (Å²) in [6.45, 7) is 0. The maximum absolute atomic E-state index is 14.1. The van der Waals surface area contributed by atoms with Gasteiger partial charge in [-0.25, -0.2) is 18.7 Å². The van der Waals surface area contributed by atoms with Crippen molar-refractivity contribution in [2.24, 2.45) is 5.73 Å². The number of rotatable bonds is 3. The van der Waals surface area contributed by atoms with E-state index in [4.69, 9.17) is 17.3 Å². The number of benzene rings is 1. The first-order valence-electron chi connectivity index (χ1n) is 7.90. The summed E-state index contributed by atoms with van der Waals surface area (Å²) in [7, 11) is 0. The summed E-state index contributed by atoms with van der Waals surface area (Å²) in [5, 5.41) is 7.63. The molecule has 2 aromatic heterocycles. The van der Waals surface area contributed by atoms with Gasteiger partial charge < -0.3 is 11.1 Å². The molecule has 2 unspecified atom stereocenters. The van der Waals surface area contributed by atoms with Crippen LogP contribution >= 0.6 is 11.6 Å². The van der Waals surface area contributed by atoms with Gasteiger partial charge in [0.1, 0.15) is 11.6 Å². The third-order valence-electron chi connectivity index (χ3n) is 4.32. The van der Waals surface area contributed by atoms with E-state index in [0.717, 1.165) is 31.4 Å². The number of nitrogens with two attached hydrogens (primary N) is 1. The van der Waals surface area contributed by atoms with Crippen LogP contribution in [-0.2, 0) is 0 Å². The lowest BCUT2D eigenvalue weighted by Crippen LogP contribution is -2.22. The van der Waals surface area contributed by atoms with Gasteiger partial charge in [0, 0.05) is 12.1 Å². The number of hydrogen-bond acceptors (Lipinski definition) is 5. The van der Waals surface area contributed by atoms with Crippen LogP contribution in [0.25, 0.3) is 17.0 Å². The van der Waals surface area contributed by atoms with E-state index in [0.29, 0.717) is 11.5 Å². The van der Waals surface area contributed by atoms with Crippen molar-refractivity contribution in [3.05, 3.63) is 41.2 Å². The highest BCUT2D eigenvalue weighted by molar-refractivity contribution is 6.29. The molecule has 0 saturated heterocycles. The molecule has 1 aliphatic carbocycles. The van der Waals surface area contributed by atoms with Crippen LogP contribution in [0.3, 0.4) is 0 Å². The minimum absolute atomic E-state index is 0.104. The number of nitrogens with zero attached hydrogens (tertiary/aromatic N) is 4. The largest absolute Gasteiger partial charge is 0.364 e. The van der Waals surface area contributed by atoms with Gasteiger partial charge in [-0.2, -0.15) is 4.52 Å². The summed E-state index contributed by atoms with van der Waals surface area (Å²) in [4.78, 5) is 8.49. The van der Waals surface area contributed by atoms with Crippen LogP contribution in [0.15, 0.2) is 24.4 Å². The van der Waals surface area contributed by atoms with E-state index in [1.165, 1.54) is 16.8 Å². The molecule has 0 amide bonds. The topological polar surface area (TPSA) is 81.1 Å². The first-order valence-corrected chi connectivity index (χ1v) is 8.28. The molecule has 1 saturated carbocycles. The first kappa shape index (κ1) is 16.2. The average molecular weight is 365 g/mol. The van der Waals surface area contributed by atoms with Crippen molar-refractivity contribution in [1.82, 2.24) is 19.6 Å². The zero-order valence-electron chi connectivity index (χ0n) is 13.1. The van der Waals surface area contributed by atoms with Crippen LogP contribution in [0.2, 0.25) is 5.15 Å². The van der Waals surface area contributed by atoms with E-state index in [-0.39, 0.29) is 28.6 Å². The Morgan fingerprint density at radius 2 is 2.00 bits per heavy atom. The Morgan fingerprint density at radius 3 is 2.68 bits per heavy atom. The molecule has 1 aromatic carbocycles. The van der Waals surface area contributed by atoms with Gasteiger partial charge in [0.2, 0.25) is 0 Å². The smallest absolute Gasteiger partial charge is 0.198 e. The Morgan fingerprint density at radius 1 is 1.24 bits per heavy atom. The summed E-state index contributed by atoms with van der Waals surface area (Å²) in [6, 6.07) is 3.84. The maximum atomic E-state index is 14.1. The van der Waals surface area contributed by atoms with Crippen LogP contribution in [0.5, 0.6) is 0 Å². The van der Waals surface area contributed by atoms with Gasteiger partial charge in [-0.1, -0.05) is 17.7 Å². The van der Waals surface area contributed by atoms with Crippen molar-refractivity contribution in [3.8, 4) is 11.4 Å². The van der Waals surface area contributed by atoms with Gasteiger partial charge >= 0.3 is 0 Å². The van der Waals surface area contributed by atoms with Crippen LogP contribution in [-0.4, -0.2) is 31.7 Å². The van der Waals surface area contributed by atoms with Gasteiger partial charge in [0.15, 0.2) is 22.4 Å². The van der Waals surface area contributed by atoms with E-state index in [9.17, 15) is 8.78 Å². The Hall–Kier alpha value is -2.32. The second-order valence-electron chi connectivity index (χ2n) is 6.11. The summed E-state index contributed by atoms with van der Waals surface area (Å²) >= 11 is 6.10. The lowest BCUT2D eigenvalue weighted by molar-refractivity contribution is 0.586. The summed E-state index contributed by atoms with van der Waals surface area (Å²) < 4.78 is 29.6. The number of nitrogens with one attached hydrogen (secondary N) is 1. The highest BCUT2D eigenvalue weighted by Crippen LogP contribution is 2.28. The van der Waals surface area contributed by atoms with Crippen molar-refractivity contribution in [3.63, 3.8) is 0 Å². The standard InChI is InChI=1S/C16H15ClF2N6/c17-12-7-21-16-15(22-9-5-4-8(20)6-9)23-14(24-25(12)16)13-10(18)2-1-3-11(13)19/h1-3,7-9H,4-6,20H2,(H,22,23,24). The summed E-state index contributed by atoms with van der Waals surface area (Å²) in [6.07, 6.45) is 3.99. The number of anilines is 1. The molecule has 0 bridgehead atoms. The third kappa shape index (κ3) is 2.91. The molecule has 3 aromatic rings. The molecular formula is C16H15ClF2N6. The SMILES string of the molecule is NC1CCC(Nc2nc(-c3c(F)cccc3F)nn3c(Cl)cnc23)C1. The first-order chi connectivity index (χ1) is 12.0. The van der Waals surface area contributed by atoms with Crippen molar-refractivity contribution >= 4 is 23.1 Å². The second kappa shape index (κ2) is 6.20. The van der Waals surface area contributed by atoms with E-state index in [1.54, 1.807) is 0 Å². The molecule has 4 rings (SSSR count). The highest BCUT2D eigenvalue weighted by atomic mass is 35.5. The fourth-order valence-electron chi connectivity index (χ4n) is 3.11. The molecule has 2 atom stereocenters. The summed E-state index contributed by atoms with van der Waals surface area (Å²) in [5.41, 5.74) is 6.03. The Kier molecular flexibility index (Phi) is 4.01. The van der Waals surface area contributed by atoms with E-state index < -0.39 is 11.6 Å². The van der Waals surface area contributed by atoms with Gasteiger partial charge in [-0.3, -0.25) is 0 Å². The normalized spacial score (nSPS) is 20.3. The Labute approximate surface area is 147 Å². The molecule has 6 nitrogen and oxygen atoms in total. The quantitative estimate of drug-likeness (QED) is 0.746. The third-order valence-corrected chi connectivity index (χ3v) is 4.58. The van der Waals surface area contributed by atoms with Crippen molar-refractivity contribution in [1.29, 1.82) is 0 Å². The minimum Gasteiger partial charge on any atom is -0.364 e. The Bertz CT molecular complexity index is 924. The van der Waals surface area contributed by atoms with E-state index in [2.05, 4.69) is 20.4 Å². The van der Waals surface area contributed by atoms with Crippen molar-refractivity contribution < 1.29 is 8.78 Å². The summed E-state index contributed by atoms with van der Waals surface area (Å²) in [5.74, 6) is -1.22. The number of aromatic nitrogens is 4. The molecule has 1 aliphatic rings. The molecule has 9 heteroatoms. The maximum Gasteiger partial charge on any atom is 0.198 e. The van der Waals surface area contributed by atoms with E-state index >= 15 is 0 Å². The molecule has 3 N–H and O–H groups in total. The van der Waals surface area contributed by atoms with Crippen LogP contribution < -0.4 is 11.1 Å². The number of fused-ring (bicyclic) bond motifs is 1. The highest BCUT2D eigenvalue weighted by Gasteiger charge is 2.25. The fraction of sp³-hybridized carbons (Fsp3) is 0.312.